The molecule has 29 heavy (non-hydrogen) atoms. The Kier molecular flexibility index (Phi) is 6.39. The third kappa shape index (κ3) is 5.32. The number of thiophene rings is 1. The highest BCUT2D eigenvalue weighted by Crippen LogP contribution is 2.26. The SMILES string of the molecule is O=C(Cc1csc(Cc2cccc(Cl)c2)n1)NC(c1ccccc1)c1cccs1. The Morgan fingerprint density at radius 1 is 1.03 bits per heavy atom. The summed E-state index contributed by atoms with van der Waals surface area (Å²) in [5.74, 6) is -0.0353. The second-order valence-electron chi connectivity index (χ2n) is 6.64. The Bertz CT molecular complexity index is 1080. The van der Waals surface area contributed by atoms with E-state index in [9.17, 15) is 4.79 Å². The molecule has 3 nitrogen and oxygen atoms in total. The number of carbonyl (C=O) groups is 1. The summed E-state index contributed by atoms with van der Waals surface area (Å²) in [5, 5.41) is 8.86. The first-order chi connectivity index (χ1) is 14.2. The van der Waals surface area contributed by atoms with Crippen LogP contribution in [0, 0.1) is 0 Å². The fraction of sp³-hybridized carbons (Fsp3) is 0.130. The Labute approximate surface area is 183 Å². The highest BCUT2D eigenvalue weighted by Gasteiger charge is 2.18. The second-order valence-corrected chi connectivity index (χ2v) is 9.00. The average Bonchev–Trinajstić information content (AvgIpc) is 3.39. The molecule has 2 aromatic carbocycles. The Morgan fingerprint density at radius 2 is 1.90 bits per heavy atom. The van der Waals surface area contributed by atoms with E-state index in [1.165, 1.54) is 0 Å². The van der Waals surface area contributed by atoms with E-state index < -0.39 is 0 Å². The quantitative estimate of drug-likeness (QED) is 0.390. The molecular weight excluding hydrogens is 420 g/mol. The van der Waals surface area contributed by atoms with E-state index in [0.29, 0.717) is 6.42 Å². The zero-order chi connectivity index (χ0) is 20.1. The molecule has 146 valence electrons. The molecule has 1 atom stereocenters. The number of carbonyl (C=O) groups excluding carboxylic acids is 1. The molecule has 0 bridgehead atoms. The van der Waals surface area contributed by atoms with Gasteiger partial charge in [0.1, 0.15) is 0 Å². The topological polar surface area (TPSA) is 42.0 Å². The van der Waals surface area contributed by atoms with Gasteiger partial charge in [0, 0.05) is 21.7 Å². The van der Waals surface area contributed by atoms with Crippen molar-refractivity contribution in [3.05, 3.63) is 109 Å². The fourth-order valence-electron chi connectivity index (χ4n) is 3.13. The molecule has 0 aliphatic heterocycles. The van der Waals surface area contributed by atoms with Crippen LogP contribution in [0.25, 0.3) is 0 Å². The highest BCUT2D eigenvalue weighted by atomic mass is 35.5. The predicted octanol–water partition coefficient (Wildman–Crippen LogP) is 5.90. The van der Waals surface area contributed by atoms with Crippen LogP contribution in [0.3, 0.4) is 0 Å². The summed E-state index contributed by atoms with van der Waals surface area (Å²) in [5.41, 5.74) is 2.98. The van der Waals surface area contributed by atoms with E-state index in [-0.39, 0.29) is 18.4 Å². The Hall–Kier alpha value is -2.47. The van der Waals surface area contributed by atoms with Crippen molar-refractivity contribution in [3.63, 3.8) is 0 Å². The van der Waals surface area contributed by atoms with E-state index in [0.717, 1.165) is 31.7 Å². The first-order valence-electron chi connectivity index (χ1n) is 9.23. The van der Waals surface area contributed by atoms with Crippen LogP contribution in [0.2, 0.25) is 5.02 Å². The van der Waals surface area contributed by atoms with Gasteiger partial charge in [-0.15, -0.1) is 22.7 Å². The van der Waals surface area contributed by atoms with Crippen LogP contribution < -0.4 is 5.32 Å². The molecule has 4 rings (SSSR count). The van der Waals surface area contributed by atoms with Gasteiger partial charge in [-0.05, 0) is 34.7 Å². The molecule has 1 N–H and O–H groups in total. The number of nitrogens with zero attached hydrogens (tertiary/aromatic N) is 1. The van der Waals surface area contributed by atoms with Crippen LogP contribution in [0.1, 0.15) is 32.7 Å². The van der Waals surface area contributed by atoms with Gasteiger partial charge in [0.25, 0.3) is 0 Å². The fourth-order valence-corrected chi connectivity index (χ4v) is 4.97. The molecule has 0 aliphatic rings. The molecule has 0 saturated heterocycles. The second kappa shape index (κ2) is 9.35. The number of rotatable bonds is 7. The number of nitrogens with one attached hydrogen (secondary N) is 1. The number of amides is 1. The molecule has 1 amide bonds. The van der Waals surface area contributed by atoms with Crippen molar-refractivity contribution in [2.45, 2.75) is 18.9 Å². The number of benzene rings is 2. The lowest BCUT2D eigenvalue weighted by Crippen LogP contribution is -2.30. The molecule has 2 aromatic heterocycles. The third-order valence-electron chi connectivity index (χ3n) is 4.45. The maximum atomic E-state index is 12.7. The molecule has 0 spiro atoms. The minimum Gasteiger partial charge on any atom is -0.344 e. The average molecular weight is 439 g/mol. The van der Waals surface area contributed by atoms with E-state index in [1.54, 1.807) is 22.7 Å². The third-order valence-corrected chi connectivity index (χ3v) is 6.52. The molecule has 0 radical (unpaired) electrons. The monoisotopic (exact) mass is 438 g/mol. The summed E-state index contributed by atoms with van der Waals surface area (Å²) in [4.78, 5) is 18.5. The van der Waals surface area contributed by atoms with Gasteiger partial charge in [0.15, 0.2) is 0 Å². The maximum Gasteiger partial charge on any atom is 0.226 e. The van der Waals surface area contributed by atoms with Gasteiger partial charge in [-0.1, -0.05) is 60.1 Å². The van der Waals surface area contributed by atoms with E-state index in [1.807, 2.05) is 71.4 Å². The summed E-state index contributed by atoms with van der Waals surface area (Å²) < 4.78 is 0. The summed E-state index contributed by atoms with van der Waals surface area (Å²) >= 11 is 9.27. The van der Waals surface area contributed by atoms with E-state index >= 15 is 0 Å². The van der Waals surface area contributed by atoms with Gasteiger partial charge in [0.05, 0.1) is 23.2 Å². The molecule has 4 aromatic rings. The van der Waals surface area contributed by atoms with Crippen LogP contribution in [-0.2, 0) is 17.6 Å². The highest BCUT2D eigenvalue weighted by molar-refractivity contribution is 7.10. The Balaban J connectivity index is 1.43. The number of aromatic nitrogens is 1. The lowest BCUT2D eigenvalue weighted by Gasteiger charge is -2.18. The maximum absolute atomic E-state index is 12.7. The van der Waals surface area contributed by atoms with Crippen molar-refractivity contribution < 1.29 is 4.79 Å². The molecular formula is C23H19ClN2OS2. The number of thiazole rings is 1. The summed E-state index contributed by atoms with van der Waals surface area (Å²) in [6, 6.07) is 21.7. The zero-order valence-corrected chi connectivity index (χ0v) is 17.9. The summed E-state index contributed by atoms with van der Waals surface area (Å²) in [6.07, 6.45) is 0.982. The van der Waals surface area contributed by atoms with Crippen LogP contribution >= 0.6 is 34.3 Å². The Morgan fingerprint density at radius 3 is 2.66 bits per heavy atom. The number of hydrogen-bond acceptors (Lipinski definition) is 4. The minimum atomic E-state index is -0.145. The molecule has 6 heteroatoms. The molecule has 0 aliphatic carbocycles. The van der Waals surface area contributed by atoms with E-state index in [2.05, 4.69) is 16.4 Å². The molecule has 2 heterocycles. The number of hydrogen-bond donors (Lipinski definition) is 1. The van der Waals surface area contributed by atoms with Crippen LogP contribution in [0.4, 0.5) is 0 Å². The van der Waals surface area contributed by atoms with Crippen molar-refractivity contribution in [1.82, 2.24) is 10.3 Å². The number of halogens is 1. The standard InChI is InChI=1S/C23H19ClN2OS2/c24-18-9-4-6-16(12-18)13-22-25-19(15-29-22)14-21(27)26-23(20-10-5-11-28-20)17-7-2-1-3-8-17/h1-12,15,23H,13-14H2,(H,26,27). The zero-order valence-electron chi connectivity index (χ0n) is 15.5. The van der Waals surface area contributed by atoms with Crippen LogP contribution in [-0.4, -0.2) is 10.9 Å². The molecule has 0 fully saturated rings. The first kappa shape index (κ1) is 19.8. The van der Waals surface area contributed by atoms with Crippen molar-refractivity contribution in [2.24, 2.45) is 0 Å². The van der Waals surface area contributed by atoms with E-state index in [4.69, 9.17) is 11.6 Å². The summed E-state index contributed by atoms with van der Waals surface area (Å²) in [7, 11) is 0. The largest absolute Gasteiger partial charge is 0.344 e. The van der Waals surface area contributed by atoms with Crippen molar-refractivity contribution in [2.75, 3.05) is 0 Å². The van der Waals surface area contributed by atoms with Crippen LogP contribution in [0.15, 0.2) is 77.5 Å². The summed E-state index contributed by atoms with van der Waals surface area (Å²) in [6.45, 7) is 0. The van der Waals surface area contributed by atoms with Crippen LogP contribution in [0.5, 0.6) is 0 Å². The lowest BCUT2D eigenvalue weighted by atomic mass is 10.1. The normalized spacial score (nSPS) is 11.9. The lowest BCUT2D eigenvalue weighted by molar-refractivity contribution is -0.121. The predicted molar refractivity (Wildman–Crippen MR) is 121 cm³/mol. The minimum absolute atomic E-state index is 0.0353. The van der Waals surface area contributed by atoms with Gasteiger partial charge in [-0.2, -0.15) is 0 Å². The van der Waals surface area contributed by atoms with Gasteiger partial charge in [0.2, 0.25) is 5.91 Å². The van der Waals surface area contributed by atoms with Crippen molar-refractivity contribution >= 4 is 40.2 Å². The van der Waals surface area contributed by atoms with Gasteiger partial charge in [-0.25, -0.2) is 4.98 Å². The smallest absolute Gasteiger partial charge is 0.226 e. The van der Waals surface area contributed by atoms with Crippen molar-refractivity contribution in [1.29, 1.82) is 0 Å². The van der Waals surface area contributed by atoms with Gasteiger partial charge < -0.3 is 5.32 Å². The van der Waals surface area contributed by atoms with Crippen molar-refractivity contribution in [3.8, 4) is 0 Å². The molecule has 0 saturated carbocycles. The first-order valence-corrected chi connectivity index (χ1v) is 11.4. The van der Waals surface area contributed by atoms with Gasteiger partial charge >= 0.3 is 0 Å². The molecule has 1 unspecified atom stereocenters. The van der Waals surface area contributed by atoms with Gasteiger partial charge in [-0.3, -0.25) is 4.79 Å².